The molecule has 0 atom stereocenters. The number of methoxy groups -OCH3 is 1. The summed E-state index contributed by atoms with van der Waals surface area (Å²) in [6.07, 6.45) is 1.53. The van der Waals surface area contributed by atoms with Crippen molar-refractivity contribution in [1.29, 1.82) is 0 Å². The second kappa shape index (κ2) is 5.22. The van der Waals surface area contributed by atoms with Gasteiger partial charge in [-0.1, -0.05) is 6.07 Å². The summed E-state index contributed by atoms with van der Waals surface area (Å²) in [6.45, 7) is 0. The summed E-state index contributed by atoms with van der Waals surface area (Å²) < 4.78 is 5.15. The molecule has 20 heavy (non-hydrogen) atoms. The summed E-state index contributed by atoms with van der Waals surface area (Å²) in [5.74, 6) is 1.27. The van der Waals surface area contributed by atoms with Gasteiger partial charge >= 0.3 is 0 Å². The molecule has 0 amide bonds. The van der Waals surface area contributed by atoms with Crippen LogP contribution < -0.4 is 15.6 Å². The monoisotopic (exact) mass is 290 g/mol. The van der Waals surface area contributed by atoms with Gasteiger partial charge in [-0.3, -0.25) is 10.9 Å². The van der Waals surface area contributed by atoms with Gasteiger partial charge in [0.15, 0.2) is 11.5 Å². The highest BCUT2D eigenvalue weighted by molar-refractivity contribution is 6.28. The lowest BCUT2D eigenvalue weighted by atomic mass is 10.3. The molecule has 2 heterocycles. The fourth-order valence-electron chi connectivity index (χ4n) is 1.73. The first-order valence-corrected chi connectivity index (χ1v) is 6.17. The highest BCUT2D eigenvalue weighted by atomic mass is 35.5. The number of halogens is 1. The number of aromatic nitrogens is 4. The molecule has 0 fully saturated rings. The molecule has 8 heteroatoms. The van der Waals surface area contributed by atoms with Crippen molar-refractivity contribution < 1.29 is 4.74 Å². The van der Waals surface area contributed by atoms with E-state index in [1.807, 2.05) is 24.3 Å². The lowest BCUT2D eigenvalue weighted by molar-refractivity contribution is 0.415. The Hall–Kier alpha value is -2.54. The summed E-state index contributed by atoms with van der Waals surface area (Å²) in [5.41, 5.74) is 7.98. The average molecular weight is 291 g/mol. The molecule has 0 spiro atoms. The minimum Gasteiger partial charge on any atom is -0.497 e. The van der Waals surface area contributed by atoms with E-state index >= 15 is 0 Å². The zero-order valence-corrected chi connectivity index (χ0v) is 11.3. The summed E-state index contributed by atoms with van der Waals surface area (Å²) >= 11 is 5.85. The van der Waals surface area contributed by atoms with Crippen LogP contribution in [0, 0.1) is 0 Å². The van der Waals surface area contributed by atoms with Crippen molar-refractivity contribution in [3.05, 3.63) is 35.9 Å². The highest BCUT2D eigenvalue weighted by Gasteiger charge is 2.08. The number of benzene rings is 1. The van der Waals surface area contributed by atoms with Crippen molar-refractivity contribution in [1.82, 2.24) is 19.9 Å². The van der Waals surface area contributed by atoms with E-state index in [0.29, 0.717) is 17.0 Å². The van der Waals surface area contributed by atoms with Gasteiger partial charge in [-0.2, -0.15) is 9.97 Å². The maximum absolute atomic E-state index is 5.85. The lowest BCUT2D eigenvalue weighted by Gasteiger charge is -2.10. The molecule has 2 aromatic heterocycles. The number of anilines is 2. The van der Waals surface area contributed by atoms with Gasteiger partial charge in [0.05, 0.1) is 19.1 Å². The zero-order chi connectivity index (χ0) is 13.9. The number of nitrogens with one attached hydrogen (secondary N) is 3. The fourth-order valence-corrected chi connectivity index (χ4v) is 1.89. The molecule has 3 aromatic rings. The topological polar surface area (TPSA) is 87.8 Å². The molecule has 0 bridgehead atoms. The molecule has 0 unspecified atom stereocenters. The number of ether oxygens (including phenoxy) is 1. The first-order valence-electron chi connectivity index (χ1n) is 5.79. The lowest BCUT2D eigenvalue weighted by Crippen LogP contribution is -2.11. The van der Waals surface area contributed by atoms with Gasteiger partial charge in [0.2, 0.25) is 5.28 Å². The SMILES string of the molecule is COc1cccc(NNc2nc(Cl)nc3nc[nH]c23)c1. The quantitative estimate of drug-likeness (QED) is 0.505. The Morgan fingerprint density at radius 3 is 3.00 bits per heavy atom. The van der Waals surface area contributed by atoms with E-state index in [1.165, 1.54) is 6.33 Å². The zero-order valence-electron chi connectivity index (χ0n) is 10.5. The summed E-state index contributed by atoms with van der Waals surface area (Å²) in [7, 11) is 1.62. The summed E-state index contributed by atoms with van der Waals surface area (Å²) in [4.78, 5) is 15.1. The normalized spacial score (nSPS) is 10.5. The summed E-state index contributed by atoms with van der Waals surface area (Å²) in [6, 6.07) is 7.48. The fraction of sp³-hybridized carbons (Fsp3) is 0.0833. The number of rotatable bonds is 4. The van der Waals surface area contributed by atoms with Crippen LogP contribution in [0.2, 0.25) is 5.28 Å². The molecular formula is C12H11ClN6O. The Labute approximate surface area is 119 Å². The van der Waals surface area contributed by atoms with E-state index in [4.69, 9.17) is 16.3 Å². The Balaban J connectivity index is 1.84. The standard InChI is InChI=1S/C12H11ClN6O/c1-20-8-4-2-3-7(5-8)18-19-11-9-10(15-6-14-9)16-12(13)17-11/h2-6,18H,1H3,(H2,14,15,16,17,19). The van der Waals surface area contributed by atoms with Crippen molar-refractivity contribution in [2.75, 3.05) is 18.0 Å². The van der Waals surface area contributed by atoms with E-state index in [0.717, 1.165) is 11.4 Å². The third kappa shape index (κ3) is 2.43. The number of H-pyrrole nitrogens is 1. The first-order chi connectivity index (χ1) is 9.76. The van der Waals surface area contributed by atoms with E-state index in [2.05, 4.69) is 30.8 Å². The van der Waals surface area contributed by atoms with Crippen molar-refractivity contribution >= 4 is 34.3 Å². The predicted octanol–water partition coefficient (Wildman–Crippen LogP) is 2.45. The minimum absolute atomic E-state index is 0.125. The maximum Gasteiger partial charge on any atom is 0.226 e. The van der Waals surface area contributed by atoms with Gasteiger partial charge in [0, 0.05) is 6.07 Å². The van der Waals surface area contributed by atoms with Crippen LogP contribution in [0.3, 0.4) is 0 Å². The molecule has 102 valence electrons. The van der Waals surface area contributed by atoms with Crippen LogP contribution in [0.15, 0.2) is 30.6 Å². The van der Waals surface area contributed by atoms with Crippen molar-refractivity contribution in [3.8, 4) is 5.75 Å². The molecule has 3 N–H and O–H groups in total. The largest absolute Gasteiger partial charge is 0.497 e. The third-order valence-electron chi connectivity index (χ3n) is 2.65. The molecule has 0 aliphatic heterocycles. The molecule has 0 aliphatic carbocycles. The first kappa shape index (κ1) is 12.5. The second-order valence-corrected chi connectivity index (χ2v) is 4.26. The predicted molar refractivity (Wildman–Crippen MR) is 76.9 cm³/mol. The highest BCUT2D eigenvalue weighted by Crippen LogP contribution is 2.20. The molecule has 0 aliphatic rings. The Kier molecular flexibility index (Phi) is 3.26. The molecule has 0 saturated heterocycles. The van der Waals surface area contributed by atoms with Crippen LogP contribution in [0.5, 0.6) is 5.75 Å². The van der Waals surface area contributed by atoms with Crippen molar-refractivity contribution in [2.24, 2.45) is 0 Å². The van der Waals surface area contributed by atoms with Gasteiger partial charge in [-0.25, -0.2) is 4.98 Å². The van der Waals surface area contributed by atoms with Gasteiger partial charge in [0.1, 0.15) is 11.3 Å². The van der Waals surface area contributed by atoms with Gasteiger partial charge in [-0.15, -0.1) is 0 Å². The summed E-state index contributed by atoms with van der Waals surface area (Å²) in [5, 5.41) is 0.125. The number of imidazole rings is 1. The van der Waals surface area contributed by atoms with Crippen LogP contribution >= 0.6 is 11.6 Å². The molecular weight excluding hydrogens is 280 g/mol. The van der Waals surface area contributed by atoms with E-state index < -0.39 is 0 Å². The Morgan fingerprint density at radius 1 is 1.25 bits per heavy atom. The number of aromatic amines is 1. The third-order valence-corrected chi connectivity index (χ3v) is 2.82. The number of fused-ring (bicyclic) bond motifs is 1. The molecule has 0 saturated carbocycles. The minimum atomic E-state index is 0.125. The number of hydrogen-bond acceptors (Lipinski definition) is 6. The van der Waals surface area contributed by atoms with Crippen molar-refractivity contribution in [2.45, 2.75) is 0 Å². The smallest absolute Gasteiger partial charge is 0.226 e. The molecule has 3 rings (SSSR count). The number of hydrazine groups is 1. The second-order valence-electron chi connectivity index (χ2n) is 3.92. The average Bonchev–Trinajstić information content (AvgIpc) is 2.93. The van der Waals surface area contributed by atoms with E-state index in [-0.39, 0.29) is 5.28 Å². The number of nitrogens with zero attached hydrogens (tertiary/aromatic N) is 3. The van der Waals surface area contributed by atoms with Crippen LogP contribution in [0.4, 0.5) is 11.5 Å². The van der Waals surface area contributed by atoms with Crippen molar-refractivity contribution in [3.63, 3.8) is 0 Å². The van der Waals surface area contributed by atoms with E-state index in [1.54, 1.807) is 7.11 Å². The van der Waals surface area contributed by atoms with Crippen LogP contribution in [-0.4, -0.2) is 27.0 Å². The Morgan fingerprint density at radius 2 is 2.15 bits per heavy atom. The van der Waals surface area contributed by atoms with E-state index in [9.17, 15) is 0 Å². The molecule has 7 nitrogen and oxygen atoms in total. The van der Waals surface area contributed by atoms with Gasteiger partial charge in [0.25, 0.3) is 0 Å². The van der Waals surface area contributed by atoms with Gasteiger partial charge < -0.3 is 9.72 Å². The maximum atomic E-state index is 5.85. The van der Waals surface area contributed by atoms with Gasteiger partial charge in [-0.05, 0) is 23.7 Å². The molecule has 0 radical (unpaired) electrons. The molecule has 1 aromatic carbocycles. The van der Waals surface area contributed by atoms with Crippen LogP contribution in [0.1, 0.15) is 0 Å². The van der Waals surface area contributed by atoms with Crippen LogP contribution in [0.25, 0.3) is 11.2 Å². The Bertz CT molecular complexity index is 744. The number of hydrogen-bond donors (Lipinski definition) is 3. The van der Waals surface area contributed by atoms with Crippen LogP contribution in [-0.2, 0) is 0 Å².